The topological polar surface area (TPSA) is 111 Å². The third-order valence-corrected chi connectivity index (χ3v) is 6.02. The van der Waals surface area contributed by atoms with Crippen molar-refractivity contribution in [3.8, 4) is 11.5 Å². The normalized spacial score (nSPS) is 11.4. The Hall–Kier alpha value is -4.37. The minimum Gasteiger partial charge on any atom is -0.494 e. The first-order chi connectivity index (χ1) is 18.7. The van der Waals surface area contributed by atoms with E-state index in [1.54, 1.807) is 25.5 Å². The van der Waals surface area contributed by atoms with Crippen LogP contribution >= 0.6 is 0 Å². The van der Waals surface area contributed by atoms with E-state index >= 15 is 0 Å². The average molecular weight is 533 g/mol. The number of amides is 1. The number of hydrogen-bond donors (Lipinski definition) is 4. The Bertz CT molecular complexity index is 1250. The minimum atomic E-state index is -0.361. The Morgan fingerprint density at radius 1 is 1.15 bits per heavy atom. The second-order valence-corrected chi connectivity index (χ2v) is 8.93. The van der Waals surface area contributed by atoms with Crippen molar-refractivity contribution in [2.24, 2.45) is 4.99 Å². The summed E-state index contributed by atoms with van der Waals surface area (Å²) in [6, 6.07) is 9.54. The van der Waals surface area contributed by atoms with Gasteiger partial charge in [-0.3, -0.25) is 4.79 Å². The summed E-state index contributed by atoms with van der Waals surface area (Å²) in [5.41, 5.74) is 4.23. The zero-order chi connectivity index (χ0) is 28.9. The third-order valence-electron chi connectivity index (χ3n) is 6.02. The Kier molecular flexibility index (Phi) is 12.0. The lowest BCUT2D eigenvalue weighted by Gasteiger charge is -2.22. The minimum absolute atomic E-state index is 0.361. The summed E-state index contributed by atoms with van der Waals surface area (Å²) in [4.78, 5) is 18.8. The number of hydrogen-bond acceptors (Lipinski definition) is 8. The van der Waals surface area contributed by atoms with Crippen molar-refractivity contribution in [2.45, 2.75) is 26.8 Å². The van der Waals surface area contributed by atoms with Gasteiger partial charge >= 0.3 is 0 Å². The van der Waals surface area contributed by atoms with E-state index in [2.05, 4.69) is 52.8 Å². The number of allylic oxidation sites excluding steroid dienone is 2. The van der Waals surface area contributed by atoms with E-state index in [4.69, 9.17) is 14.9 Å². The molecule has 1 amide bonds. The lowest BCUT2D eigenvalue weighted by Crippen LogP contribution is -2.30. The molecule has 2 aromatic carbocycles. The van der Waals surface area contributed by atoms with Gasteiger partial charge in [-0.2, -0.15) is 0 Å². The summed E-state index contributed by atoms with van der Waals surface area (Å²) in [5, 5.41) is 16.8. The van der Waals surface area contributed by atoms with E-state index in [9.17, 15) is 4.79 Å². The van der Waals surface area contributed by atoms with Gasteiger partial charge in [0.1, 0.15) is 23.9 Å². The molecule has 4 N–H and O–H groups in total. The summed E-state index contributed by atoms with van der Waals surface area (Å²) in [6.07, 6.45) is 5.98. The van der Waals surface area contributed by atoms with Gasteiger partial charge in [-0.05, 0) is 63.2 Å². The van der Waals surface area contributed by atoms with Gasteiger partial charge < -0.3 is 35.7 Å². The van der Waals surface area contributed by atoms with Crippen molar-refractivity contribution >= 4 is 41.0 Å². The molecule has 0 saturated heterocycles. The second kappa shape index (κ2) is 15.1. The highest BCUT2D eigenvalue weighted by Crippen LogP contribution is 2.37. The molecule has 0 aliphatic rings. The number of carbonyl (C=O) groups excluding carboxylic acids is 1. The quantitative estimate of drug-likeness (QED) is 0.134. The summed E-state index contributed by atoms with van der Waals surface area (Å²) < 4.78 is 11.7. The number of rotatable bonds is 15. The van der Waals surface area contributed by atoms with Crippen LogP contribution in [0.1, 0.15) is 31.9 Å². The fourth-order valence-electron chi connectivity index (χ4n) is 3.52. The van der Waals surface area contributed by atoms with E-state index in [-0.39, 0.29) is 5.91 Å². The molecular formula is C30H40N6O3. The van der Waals surface area contributed by atoms with Crippen LogP contribution in [-0.2, 0) is 4.79 Å². The molecule has 39 heavy (non-hydrogen) atoms. The van der Waals surface area contributed by atoms with Crippen LogP contribution in [-0.4, -0.2) is 63.6 Å². The summed E-state index contributed by atoms with van der Waals surface area (Å²) in [6.45, 7) is 14.9. The molecule has 0 spiro atoms. The molecule has 0 unspecified atom stereocenters. The number of benzene rings is 2. The van der Waals surface area contributed by atoms with Crippen LogP contribution in [0, 0.1) is 5.41 Å². The first-order valence-corrected chi connectivity index (χ1v) is 12.6. The summed E-state index contributed by atoms with van der Waals surface area (Å²) in [5.74, 6) is 1.13. The summed E-state index contributed by atoms with van der Waals surface area (Å²) in [7, 11) is 5.40. The molecule has 2 rings (SSSR count). The van der Waals surface area contributed by atoms with Crippen LogP contribution < -0.4 is 25.4 Å². The van der Waals surface area contributed by atoms with Crippen molar-refractivity contribution in [1.29, 1.82) is 5.41 Å². The number of aliphatic imine (C=N–C) groups is 1. The highest BCUT2D eigenvalue weighted by atomic mass is 16.5. The monoisotopic (exact) mass is 532 g/mol. The summed E-state index contributed by atoms with van der Waals surface area (Å²) >= 11 is 0. The first-order valence-electron chi connectivity index (χ1n) is 12.6. The molecule has 0 heterocycles. The fraction of sp³-hybridized carbons (Fsp3) is 0.300. The van der Waals surface area contributed by atoms with Crippen LogP contribution in [0.25, 0.3) is 5.57 Å². The van der Waals surface area contributed by atoms with Crippen molar-refractivity contribution in [3.05, 3.63) is 72.6 Å². The molecular weight excluding hydrogens is 492 g/mol. The van der Waals surface area contributed by atoms with Gasteiger partial charge in [0.15, 0.2) is 0 Å². The highest BCUT2D eigenvalue weighted by Gasteiger charge is 2.15. The third kappa shape index (κ3) is 8.86. The van der Waals surface area contributed by atoms with Crippen molar-refractivity contribution in [3.63, 3.8) is 0 Å². The number of ether oxygens (including phenoxy) is 2. The van der Waals surface area contributed by atoms with Crippen LogP contribution in [0.15, 0.2) is 66.5 Å². The molecule has 9 nitrogen and oxygen atoms in total. The fourth-order valence-corrected chi connectivity index (χ4v) is 3.52. The maximum Gasteiger partial charge on any atom is 0.247 e. The van der Waals surface area contributed by atoms with Crippen LogP contribution in [0.2, 0.25) is 0 Å². The molecule has 0 aliphatic carbocycles. The SMILES string of the molecule is C=CC(=O)Nc1cc(NC(=C/C(=C)c2ccc(C=N)c(NC)c2)/N=C\C)c(OC)cc1OCCN(C)C(C)C. The molecule has 0 aromatic heterocycles. The molecule has 208 valence electrons. The molecule has 9 heteroatoms. The Morgan fingerprint density at radius 3 is 2.46 bits per heavy atom. The lowest BCUT2D eigenvalue weighted by molar-refractivity contribution is -0.111. The van der Waals surface area contributed by atoms with Gasteiger partial charge in [0.05, 0.1) is 18.5 Å². The van der Waals surface area contributed by atoms with Crippen molar-refractivity contribution in [2.75, 3.05) is 50.3 Å². The van der Waals surface area contributed by atoms with E-state index < -0.39 is 0 Å². The van der Waals surface area contributed by atoms with Crippen molar-refractivity contribution in [1.82, 2.24) is 4.90 Å². The maximum absolute atomic E-state index is 12.2. The highest BCUT2D eigenvalue weighted by molar-refractivity contribution is 6.00. The number of likely N-dealkylation sites (N-methyl/N-ethyl adjacent to an activating group) is 1. The molecule has 2 aromatic rings. The van der Waals surface area contributed by atoms with E-state index in [0.29, 0.717) is 53.5 Å². The number of anilines is 3. The van der Waals surface area contributed by atoms with Crippen LogP contribution in [0.3, 0.4) is 0 Å². The zero-order valence-electron chi connectivity index (χ0n) is 23.7. The lowest BCUT2D eigenvalue weighted by atomic mass is 10.0. The second-order valence-electron chi connectivity index (χ2n) is 8.93. The first kappa shape index (κ1) is 30.9. The molecule has 0 radical (unpaired) electrons. The Morgan fingerprint density at radius 2 is 1.87 bits per heavy atom. The van der Waals surface area contributed by atoms with Crippen molar-refractivity contribution < 1.29 is 14.3 Å². The van der Waals surface area contributed by atoms with Gasteiger partial charge in [0.2, 0.25) is 5.91 Å². The van der Waals surface area contributed by atoms with Gasteiger partial charge in [-0.1, -0.05) is 25.3 Å². The van der Waals surface area contributed by atoms with Gasteiger partial charge in [0.25, 0.3) is 0 Å². The molecule has 0 bridgehead atoms. The van der Waals surface area contributed by atoms with E-state index in [1.807, 2.05) is 45.3 Å². The smallest absolute Gasteiger partial charge is 0.247 e. The molecule has 0 saturated carbocycles. The maximum atomic E-state index is 12.2. The Balaban J connectivity index is 2.43. The predicted octanol–water partition coefficient (Wildman–Crippen LogP) is 5.64. The van der Waals surface area contributed by atoms with Gasteiger partial charge in [-0.25, -0.2) is 4.99 Å². The number of carbonyl (C=O) groups is 1. The number of nitrogens with one attached hydrogen (secondary N) is 4. The molecule has 0 fully saturated rings. The average Bonchev–Trinajstić information content (AvgIpc) is 2.93. The van der Waals surface area contributed by atoms with E-state index in [0.717, 1.165) is 16.8 Å². The molecule has 0 aliphatic heterocycles. The van der Waals surface area contributed by atoms with Crippen LogP contribution in [0.5, 0.6) is 11.5 Å². The number of nitrogens with zero attached hydrogens (tertiary/aromatic N) is 2. The van der Waals surface area contributed by atoms with Gasteiger partial charge in [-0.15, -0.1) is 0 Å². The van der Waals surface area contributed by atoms with Crippen LogP contribution in [0.4, 0.5) is 17.1 Å². The standard InChI is InChI=1S/C30H40N6O3/c1-9-30(37)35-26-17-25(27(38-8)18-28(26)39-14-13-36(7)20(3)4)34-29(33-10-2)15-21(5)22-11-12-23(19-31)24(16-22)32-6/h9-12,15-20,31-32,34H,1,5,13-14H2,2-4,6-8H3,(H,35,37)/b29-15+,31-19?,33-10-. The Labute approximate surface area is 231 Å². The number of methoxy groups -OCH3 is 1. The molecule has 0 atom stereocenters. The van der Waals surface area contributed by atoms with Gasteiger partial charge in [0, 0.05) is 49.4 Å². The van der Waals surface area contributed by atoms with E-state index in [1.165, 1.54) is 12.3 Å². The zero-order valence-corrected chi connectivity index (χ0v) is 23.7. The largest absolute Gasteiger partial charge is 0.494 e. The predicted molar refractivity (Wildman–Crippen MR) is 164 cm³/mol.